The van der Waals surface area contributed by atoms with Gasteiger partial charge in [-0.3, -0.25) is 9.69 Å². The highest BCUT2D eigenvalue weighted by Crippen LogP contribution is 2.25. The van der Waals surface area contributed by atoms with Crippen molar-refractivity contribution in [1.82, 2.24) is 10.2 Å². The molecule has 0 aromatic carbocycles. The van der Waals surface area contributed by atoms with Gasteiger partial charge in [0.15, 0.2) is 0 Å². The minimum atomic E-state index is -0.00443. The van der Waals surface area contributed by atoms with Crippen LogP contribution in [0, 0.1) is 5.92 Å². The molecule has 3 aromatic rings. The Bertz CT molecular complexity index is 728. The zero-order valence-corrected chi connectivity index (χ0v) is 15.9. The molecule has 0 fully saturated rings. The van der Waals surface area contributed by atoms with E-state index in [4.69, 9.17) is 8.83 Å². The quantitative estimate of drug-likeness (QED) is 0.603. The molecule has 3 rings (SSSR count). The van der Waals surface area contributed by atoms with Crippen LogP contribution in [0.25, 0.3) is 0 Å². The Labute approximate surface area is 157 Å². The fourth-order valence-corrected chi connectivity index (χ4v) is 3.82. The zero-order valence-electron chi connectivity index (χ0n) is 15.1. The minimum absolute atomic E-state index is 0.00443. The number of carbonyl (C=O) groups excluding carboxylic acids is 1. The van der Waals surface area contributed by atoms with Crippen molar-refractivity contribution in [3.8, 4) is 0 Å². The van der Waals surface area contributed by atoms with Crippen molar-refractivity contribution in [3.05, 3.63) is 70.7 Å². The fourth-order valence-electron chi connectivity index (χ4n) is 2.87. The van der Waals surface area contributed by atoms with Gasteiger partial charge in [0, 0.05) is 4.88 Å². The van der Waals surface area contributed by atoms with Gasteiger partial charge in [-0.1, -0.05) is 19.9 Å². The average Bonchev–Trinajstić information content (AvgIpc) is 3.35. The number of hydrogen-bond acceptors (Lipinski definition) is 5. The van der Waals surface area contributed by atoms with Gasteiger partial charge in [-0.25, -0.2) is 0 Å². The molecule has 5 nitrogen and oxygen atoms in total. The first kappa shape index (κ1) is 18.5. The number of nitrogens with zero attached hydrogens (tertiary/aromatic N) is 1. The van der Waals surface area contributed by atoms with Crippen molar-refractivity contribution in [3.63, 3.8) is 0 Å². The Morgan fingerprint density at radius 1 is 1.08 bits per heavy atom. The summed E-state index contributed by atoms with van der Waals surface area (Å²) in [4.78, 5) is 15.9. The number of carbonyl (C=O) groups is 1. The van der Waals surface area contributed by atoms with Gasteiger partial charge in [0.25, 0.3) is 0 Å². The van der Waals surface area contributed by atoms with Crippen molar-refractivity contribution < 1.29 is 13.6 Å². The van der Waals surface area contributed by atoms with Crippen molar-refractivity contribution in [2.75, 3.05) is 6.54 Å². The van der Waals surface area contributed by atoms with Gasteiger partial charge in [0.1, 0.15) is 11.5 Å². The molecular formula is C20H24N2O3S. The number of rotatable bonds is 9. The lowest BCUT2D eigenvalue weighted by atomic mass is 10.0. The minimum Gasteiger partial charge on any atom is -0.468 e. The highest BCUT2D eigenvalue weighted by molar-refractivity contribution is 7.10. The van der Waals surface area contributed by atoms with Crippen LogP contribution in [0.4, 0.5) is 0 Å². The number of thiophene rings is 1. The van der Waals surface area contributed by atoms with Crippen molar-refractivity contribution in [2.45, 2.75) is 33.0 Å². The van der Waals surface area contributed by atoms with Crippen LogP contribution in [-0.2, 0) is 17.9 Å². The third-order valence-corrected chi connectivity index (χ3v) is 5.07. The molecule has 1 atom stereocenters. The van der Waals surface area contributed by atoms with Gasteiger partial charge in [-0.05, 0) is 41.6 Å². The molecule has 6 heteroatoms. The molecule has 0 aliphatic heterocycles. The summed E-state index contributed by atoms with van der Waals surface area (Å²) >= 11 is 1.67. The molecule has 0 aliphatic carbocycles. The number of amides is 1. The summed E-state index contributed by atoms with van der Waals surface area (Å²) < 4.78 is 10.9. The van der Waals surface area contributed by atoms with Gasteiger partial charge in [-0.2, -0.15) is 0 Å². The Hall–Kier alpha value is -2.31. The lowest BCUT2D eigenvalue weighted by Gasteiger charge is -2.24. The highest BCUT2D eigenvalue weighted by atomic mass is 32.1. The fraction of sp³-hybridized carbons (Fsp3) is 0.350. The summed E-state index contributed by atoms with van der Waals surface area (Å²) in [7, 11) is 0. The Kier molecular flexibility index (Phi) is 6.30. The third-order valence-electron chi connectivity index (χ3n) is 4.12. The second-order valence-corrected chi connectivity index (χ2v) is 7.59. The van der Waals surface area contributed by atoms with Crippen LogP contribution in [0.1, 0.15) is 36.3 Å². The third kappa shape index (κ3) is 5.09. The number of nitrogens with one attached hydrogen (secondary N) is 1. The van der Waals surface area contributed by atoms with E-state index in [-0.39, 0.29) is 18.5 Å². The summed E-state index contributed by atoms with van der Waals surface area (Å²) in [6.45, 7) is 5.61. The van der Waals surface area contributed by atoms with E-state index in [0.29, 0.717) is 19.0 Å². The molecule has 0 radical (unpaired) electrons. The normalized spacial score (nSPS) is 12.6. The lowest BCUT2D eigenvalue weighted by Crippen LogP contribution is -2.39. The monoisotopic (exact) mass is 372 g/mol. The van der Waals surface area contributed by atoms with Crippen LogP contribution in [0.2, 0.25) is 0 Å². The summed E-state index contributed by atoms with van der Waals surface area (Å²) in [6.07, 6.45) is 3.29. The van der Waals surface area contributed by atoms with Crippen LogP contribution in [-0.4, -0.2) is 17.4 Å². The maximum absolute atomic E-state index is 12.7. The van der Waals surface area contributed by atoms with Gasteiger partial charge < -0.3 is 14.2 Å². The predicted octanol–water partition coefficient (Wildman–Crippen LogP) is 4.45. The second-order valence-electron chi connectivity index (χ2n) is 6.61. The summed E-state index contributed by atoms with van der Waals surface area (Å²) in [5, 5.41) is 5.22. The first-order valence-electron chi connectivity index (χ1n) is 8.71. The van der Waals surface area contributed by atoms with Crippen LogP contribution in [0.15, 0.2) is 63.1 Å². The molecule has 0 bridgehead atoms. The van der Waals surface area contributed by atoms with E-state index in [2.05, 4.69) is 25.2 Å². The van der Waals surface area contributed by atoms with E-state index in [1.165, 1.54) is 4.88 Å². The number of hydrogen-bond donors (Lipinski definition) is 1. The highest BCUT2D eigenvalue weighted by Gasteiger charge is 2.21. The first-order valence-corrected chi connectivity index (χ1v) is 9.59. The largest absolute Gasteiger partial charge is 0.468 e. The smallest absolute Gasteiger partial charge is 0.234 e. The van der Waals surface area contributed by atoms with Crippen LogP contribution in [0.3, 0.4) is 0 Å². The average molecular weight is 372 g/mol. The van der Waals surface area contributed by atoms with E-state index in [9.17, 15) is 4.79 Å². The molecule has 0 aliphatic rings. The van der Waals surface area contributed by atoms with E-state index in [1.54, 1.807) is 23.9 Å². The molecule has 0 unspecified atom stereocenters. The first-order chi connectivity index (χ1) is 12.6. The zero-order chi connectivity index (χ0) is 18.4. The number of furan rings is 2. The Morgan fingerprint density at radius 3 is 2.19 bits per heavy atom. The van der Waals surface area contributed by atoms with Gasteiger partial charge in [-0.15, -0.1) is 11.3 Å². The second kappa shape index (κ2) is 8.87. The van der Waals surface area contributed by atoms with Crippen molar-refractivity contribution >= 4 is 17.2 Å². The van der Waals surface area contributed by atoms with Gasteiger partial charge in [0.2, 0.25) is 5.91 Å². The van der Waals surface area contributed by atoms with Crippen LogP contribution < -0.4 is 5.32 Å². The summed E-state index contributed by atoms with van der Waals surface area (Å²) in [5.74, 6) is 1.96. The van der Waals surface area contributed by atoms with Gasteiger partial charge >= 0.3 is 0 Å². The molecule has 0 saturated carbocycles. The molecule has 0 spiro atoms. The topological polar surface area (TPSA) is 58.6 Å². The van der Waals surface area contributed by atoms with Crippen LogP contribution in [0.5, 0.6) is 0 Å². The molecular weight excluding hydrogens is 348 g/mol. The Morgan fingerprint density at radius 2 is 1.73 bits per heavy atom. The van der Waals surface area contributed by atoms with Crippen molar-refractivity contribution in [2.24, 2.45) is 5.92 Å². The van der Waals surface area contributed by atoms with E-state index < -0.39 is 0 Å². The molecule has 26 heavy (non-hydrogen) atoms. The van der Waals surface area contributed by atoms with E-state index in [0.717, 1.165) is 11.5 Å². The lowest BCUT2D eigenvalue weighted by molar-refractivity contribution is -0.123. The van der Waals surface area contributed by atoms with E-state index >= 15 is 0 Å². The molecule has 3 aromatic heterocycles. The summed E-state index contributed by atoms with van der Waals surface area (Å²) in [6, 6.07) is 11.6. The van der Waals surface area contributed by atoms with Crippen molar-refractivity contribution in [1.29, 1.82) is 0 Å². The molecule has 3 heterocycles. The summed E-state index contributed by atoms with van der Waals surface area (Å²) in [5.41, 5.74) is 0. The maximum atomic E-state index is 12.7. The van der Waals surface area contributed by atoms with Gasteiger partial charge in [0.05, 0.1) is 38.2 Å². The Balaban J connectivity index is 1.65. The molecule has 1 amide bonds. The molecule has 1 N–H and O–H groups in total. The molecule has 138 valence electrons. The maximum Gasteiger partial charge on any atom is 0.234 e. The van der Waals surface area contributed by atoms with Crippen LogP contribution >= 0.6 is 11.3 Å². The predicted molar refractivity (Wildman–Crippen MR) is 102 cm³/mol. The van der Waals surface area contributed by atoms with E-state index in [1.807, 2.05) is 40.6 Å². The SMILES string of the molecule is CC(C)[C@@H](NC(=O)CN(Cc1ccco1)Cc1ccco1)c1cccs1. The standard InChI is InChI=1S/C20H24N2O3S/c1-15(2)20(18-8-5-11-26-18)21-19(23)14-22(12-16-6-3-9-24-16)13-17-7-4-10-25-17/h3-11,15,20H,12-14H2,1-2H3,(H,21,23)/t20-/m1/s1. The molecule has 0 saturated heterocycles.